The number of methoxy groups -OCH3 is 1. The molecule has 5 aromatic rings. The molecule has 0 aliphatic carbocycles. The molecule has 0 saturated carbocycles. The average molecular weight is 640 g/mol. The molecule has 0 spiro atoms. The molecule has 218 valence electrons. The van der Waals surface area contributed by atoms with Gasteiger partial charge in [-0.3, -0.25) is 4.98 Å². The number of sulfonamides is 1. The van der Waals surface area contributed by atoms with Crippen LogP contribution in [0.25, 0.3) is 21.9 Å². The van der Waals surface area contributed by atoms with Gasteiger partial charge in [0, 0.05) is 28.7 Å². The van der Waals surface area contributed by atoms with Crippen LogP contribution >= 0.6 is 22.9 Å². The van der Waals surface area contributed by atoms with E-state index in [9.17, 15) is 26.0 Å². The number of aromatic nitrogens is 2. The lowest BCUT2D eigenvalue weighted by atomic mass is 10.0. The first kappa shape index (κ1) is 30.7. The zero-order valence-corrected chi connectivity index (χ0v) is 23.6. The number of carbonyl (C=O) groups is 1. The molecule has 3 aromatic carbocycles. The van der Waals surface area contributed by atoms with Gasteiger partial charge in [0.05, 0.1) is 22.5 Å². The standard InChI is InChI=1S/C25H17ClFN3O3S2.C2HF3O2/c1-33-24-11-21(17-3-2-4-19(27)9-17)22(26)12-23(24)30(25-14-34-15-29-25)35(31,32)20-6-5-18-13-28-8-7-16(18)10-20;3-2(4,5)1(6)7/h2-15H,1H3;(H,6,7). The normalized spacial score (nSPS) is 11.5. The minimum Gasteiger partial charge on any atom is -0.495 e. The highest BCUT2D eigenvalue weighted by molar-refractivity contribution is 7.93. The molecule has 0 aliphatic heterocycles. The van der Waals surface area contributed by atoms with Crippen molar-refractivity contribution in [3.63, 3.8) is 0 Å². The van der Waals surface area contributed by atoms with Gasteiger partial charge >= 0.3 is 12.1 Å². The number of rotatable bonds is 6. The summed E-state index contributed by atoms with van der Waals surface area (Å²) in [5.41, 5.74) is 2.75. The third kappa shape index (κ3) is 6.61. The molecule has 0 atom stereocenters. The SMILES string of the molecule is COc1cc(-c2cccc(F)c2)c(Cl)cc1N(c1cscn1)S(=O)(=O)c1ccc2cnccc2c1.O=C(O)C(F)(F)F. The molecule has 2 aromatic heterocycles. The third-order valence-electron chi connectivity index (χ3n) is 5.64. The van der Waals surface area contributed by atoms with Crippen LogP contribution in [0.3, 0.4) is 0 Å². The van der Waals surface area contributed by atoms with Crippen LogP contribution in [0.4, 0.5) is 29.1 Å². The van der Waals surface area contributed by atoms with Crippen molar-refractivity contribution < 1.29 is 40.6 Å². The third-order valence-corrected chi connectivity index (χ3v) is 8.24. The minimum absolute atomic E-state index is 0.0663. The maximum absolute atomic E-state index is 14.0. The maximum atomic E-state index is 14.0. The fourth-order valence-electron chi connectivity index (χ4n) is 3.75. The second-order valence-electron chi connectivity index (χ2n) is 8.32. The Morgan fingerprint density at radius 2 is 1.81 bits per heavy atom. The first-order valence-electron chi connectivity index (χ1n) is 11.5. The number of carboxylic acids is 1. The first-order valence-corrected chi connectivity index (χ1v) is 14.3. The van der Waals surface area contributed by atoms with Gasteiger partial charge in [0.2, 0.25) is 0 Å². The monoisotopic (exact) mass is 639 g/mol. The van der Waals surface area contributed by atoms with Crippen LogP contribution in [0.5, 0.6) is 5.75 Å². The van der Waals surface area contributed by atoms with Crippen LogP contribution in [0, 0.1) is 5.82 Å². The number of halogens is 5. The Morgan fingerprint density at radius 1 is 1.07 bits per heavy atom. The second-order valence-corrected chi connectivity index (χ2v) is 11.2. The van der Waals surface area contributed by atoms with Crippen LogP contribution < -0.4 is 9.04 Å². The zero-order valence-electron chi connectivity index (χ0n) is 21.2. The van der Waals surface area contributed by atoms with Crippen molar-refractivity contribution in [2.24, 2.45) is 0 Å². The van der Waals surface area contributed by atoms with Crippen molar-refractivity contribution in [3.05, 3.63) is 94.8 Å². The molecule has 5 rings (SSSR count). The minimum atomic E-state index is -5.08. The van der Waals surface area contributed by atoms with E-state index in [-0.39, 0.29) is 27.2 Å². The van der Waals surface area contributed by atoms with Crippen molar-refractivity contribution >= 4 is 61.2 Å². The summed E-state index contributed by atoms with van der Waals surface area (Å²) in [4.78, 5) is 17.3. The summed E-state index contributed by atoms with van der Waals surface area (Å²) < 4.78 is 80.2. The Morgan fingerprint density at radius 3 is 2.43 bits per heavy atom. The maximum Gasteiger partial charge on any atom is 0.490 e. The van der Waals surface area contributed by atoms with Crippen LogP contribution in [0.1, 0.15) is 0 Å². The highest BCUT2D eigenvalue weighted by Crippen LogP contribution is 2.44. The number of thiazole rings is 1. The van der Waals surface area contributed by atoms with E-state index in [1.54, 1.807) is 59.7 Å². The number of nitrogens with zero attached hydrogens (tertiary/aromatic N) is 3. The summed E-state index contributed by atoms with van der Waals surface area (Å²) in [5.74, 6) is -2.75. The Hall–Kier alpha value is -4.27. The van der Waals surface area contributed by atoms with Gasteiger partial charge in [-0.1, -0.05) is 29.8 Å². The van der Waals surface area contributed by atoms with E-state index in [4.69, 9.17) is 26.2 Å². The highest BCUT2D eigenvalue weighted by Gasteiger charge is 2.38. The Labute approximate surface area is 245 Å². The molecule has 8 nitrogen and oxygen atoms in total. The van der Waals surface area contributed by atoms with Crippen LogP contribution in [0.15, 0.2) is 88.8 Å². The largest absolute Gasteiger partial charge is 0.495 e. The van der Waals surface area contributed by atoms with E-state index < -0.39 is 28.0 Å². The van der Waals surface area contributed by atoms with Gasteiger partial charge in [-0.25, -0.2) is 26.9 Å². The molecule has 1 N–H and O–H groups in total. The van der Waals surface area contributed by atoms with Gasteiger partial charge in [-0.05, 0) is 53.4 Å². The molecule has 2 heterocycles. The lowest BCUT2D eigenvalue weighted by molar-refractivity contribution is -0.192. The first-order chi connectivity index (χ1) is 19.8. The van der Waals surface area contributed by atoms with Crippen molar-refractivity contribution in [3.8, 4) is 16.9 Å². The number of hydrogen-bond acceptors (Lipinski definition) is 7. The number of aliphatic carboxylic acids is 1. The van der Waals surface area contributed by atoms with Gasteiger partial charge in [-0.2, -0.15) is 13.2 Å². The smallest absolute Gasteiger partial charge is 0.490 e. The fraction of sp³-hybridized carbons (Fsp3) is 0.0741. The molecule has 0 bridgehead atoms. The van der Waals surface area contributed by atoms with Crippen molar-refractivity contribution in [2.45, 2.75) is 11.1 Å². The summed E-state index contributed by atoms with van der Waals surface area (Å²) in [6, 6.07) is 15.6. The second kappa shape index (κ2) is 12.3. The predicted molar refractivity (Wildman–Crippen MR) is 150 cm³/mol. The van der Waals surface area contributed by atoms with Gasteiger partial charge in [0.1, 0.15) is 17.3 Å². The van der Waals surface area contributed by atoms with E-state index in [1.807, 2.05) is 0 Å². The van der Waals surface area contributed by atoms with Gasteiger partial charge in [0.25, 0.3) is 10.0 Å². The van der Waals surface area contributed by atoms with E-state index in [2.05, 4.69) is 9.97 Å². The van der Waals surface area contributed by atoms with Crippen LogP contribution in [-0.4, -0.2) is 42.7 Å². The van der Waals surface area contributed by atoms with E-state index >= 15 is 0 Å². The molecule has 0 radical (unpaired) electrons. The lowest BCUT2D eigenvalue weighted by Crippen LogP contribution is -2.27. The molecular weight excluding hydrogens is 622 g/mol. The molecule has 15 heteroatoms. The van der Waals surface area contributed by atoms with Gasteiger partial charge < -0.3 is 9.84 Å². The number of alkyl halides is 3. The number of carboxylic acid groups (broad SMARTS) is 1. The number of ether oxygens (including phenoxy) is 1. The Balaban J connectivity index is 0.000000517. The van der Waals surface area contributed by atoms with Gasteiger partial charge in [0.15, 0.2) is 5.82 Å². The molecular formula is C27H18ClF4N3O5S2. The molecule has 0 amide bonds. The summed E-state index contributed by atoms with van der Waals surface area (Å²) in [6.45, 7) is 0. The number of pyridine rings is 1. The number of benzene rings is 3. The van der Waals surface area contributed by atoms with Crippen molar-refractivity contribution in [1.29, 1.82) is 0 Å². The molecule has 42 heavy (non-hydrogen) atoms. The topological polar surface area (TPSA) is 110 Å². The molecule has 0 aliphatic rings. The zero-order chi connectivity index (χ0) is 30.7. The fourth-order valence-corrected chi connectivity index (χ4v) is 6.08. The van der Waals surface area contributed by atoms with E-state index in [0.29, 0.717) is 11.1 Å². The molecule has 0 fully saturated rings. The number of hydrogen-bond donors (Lipinski definition) is 1. The summed E-state index contributed by atoms with van der Waals surface area (Å²) in [6.07, 6.45) is -1.82. The number of fused-ring (bicyclic) bond motifs is 1. The van der Waals surface area contributed by atoms with E-state index in [1.165, 1.54) is 42.7 Å². The molecule has 0 saturated heterocycles. The summed E-state index contributed by atoms with van der Waals surface area (Å²) >= 11 is 7.86. The number of anilines is 2. The average Bonchev–Trinajstić information content (AvgIpc) is 3.47. The Kier molecular flexibility index (Phi) is 8.99. The summed E-state index contributed by atoms with van der Waals surface area (Å²) in [7, 11) is -2.72. The lowest BCUT2D eigenvalue weighted by Gasteiger charge is -2.25. The van der Waals surface area contributed by atoms with Crippen LogP contribution in [0.2, 0.25) is 5.02 Å². The molecule has 0 unspecified atom stereocenters. The van der Waals surface area contributed by atoms with E-state index in [0.717, 1.165) is 15.1 Å². The predicted octanol–water partition coefficient (Wildman–Crippen LogP) is 7.32. The van der Waals surface area contributed by atoms with Crippen LogP contribution in [-0.2, 0) is 14.8 Å². The Bertz CT molecular complexity index is 1850. The summed E-state index contributed by atoms with van der Waals surface area (Å²) in [5, 5.41) is 10.5. The van der Waals surface area contributed by atoms with Crippen molar-refractivity contribution in [2.75, 3.05) is 11.4 Å². The highest BCUT2D eigenvalue weighted by atomic mass is 35.5. The van der Waals surface area contributed by atoms with Crippen molar-refractivity contribution in [1.82, 2.24) is 9.97 Å². The van der Waals surface area contributed by atoms with Gasteiger partial charge in [-0.15, -0.1) is 11.3 Å². The quantitative estimate of drug-likeness (QED) is 0.194.